The van der Waals surface area contributed by atoms with Gasteiger partial charge in [0.1, 0.15) is 5.82 Å². The fourth-order valence-electron chi connectivity index (χ4n) is 5.25. The number of rotatable bonds is 4. The molecule has 0 aromatic heterocycles. The second-order valence-corrected chi connectivity index (χ2v) is 9.01. The predicted molar refractivity (Wildman–Crippen MR) is 118 cm³/mol. The number of hydrogen-bond acceptors (Lipinski definition) is 4. The van der Waals surface area contributed by atoms with Crippen LogP contribution in [0.25, 0.3) is 0 Å². The third kappa shape index (κ3) is 4.47. The molecule has 2 aliphatic heterocycles. The third-order valence-corrected chi connectivity index (χ3v) is 7.13. The highest BCUT2D eigenvalue weighted by molar-refractivity contribution is 5.94. The largest absolute Gasteiger partial charge is 0.417 e. The van der Waals surface area contributed by atoms with Gasteiger partial charge in [-0.1, -0.05) is 12.1 Å². The van der Waals surface area contributed by atoms with Crippen molar-refractivity contribution in [1.82, 2.24) is 4.90 Å². The number of carbonyl (C=O) groups is 1. The van der Waals surface area contributed by atoms with E-state index in [1.165, 1.54) is 24.3 Å². The van der Waals surface area contributed by atoms with Crippen molar-refractivity contribution in [3.63, 3.8) is 0 Å². The van der Waals surface area contributed by atoms with Gasteiger partial charge in [-0.15, -0.1) is 0 Å². The molecule has 34 heavy (non-hydrogen) atoms. The van der Waals surface area contributed by atoms with E-state index in [2.05, 4.69) is 0 Å². The molecule has 1 amide bonds. The fourth-order valence-corrected chi connectivity index (χ4v) is 5.25. The van der Waals surface area contributed by atoms with E-state index in [0.29, 0.717) is 51.3 Å². The molecule has 4 rings (SSSR count). The molecule has 0 aliphatic carbocycles. The lowest BCUT2D eigenvalue weighted by atomic mass is 9.71. The third-order valence-electron chi connectivity index (χ3n) is 7.13. The summed E-state index contributed by atoms with van der Waals surface area (Å²) >= 11 is 0. The van der Waals surface area contributed by atoms with Gasteiger partial charge in [-0.3, -0.25) is 4.79 Å². The summed E-state index contributed by atoms with van der Waals surface area (Å²) in [4.78, 5) is 16.4. The van der Waals surface area contributed by atoms with Crippen LogP contribution in [0.2, 0.25) is 0 Å². The van der Waals surface area contributed by atoms with Crippen LogP contribution >= 0.6 is 0 Å². The number of methoxy groups -OCH3 is 1. The molecule has 2 aromatic rings. The zero-order chi connectivity index (χ0) is 24.5. The Bertz CT molecular complexity index is 1100. The van der Waals surface area contributed by atoms with Gasteiger partial charge in [0.15, 0.2) is 0 Å². The van der Waals surface area contributed by atoms with Crippen LogP contribution in [-0.2, 0) is 10.9 Å². The second kappa shape index (κ2) is 9.26. The second-order valence-electron chi connectivity index (χ2n) is 9.01. The molecule has 2 aliphatic rings. The first-order valence-electron chi connectivity index (χ1n) is 11.1. The van der Waals surface area contributed by atoms with Crippen LogP contribution in [0.4, 0.5) is 23.2 Å². The van der Waals surface area contributed by atoms with E-state index in [1.807, 2.05) is 4.90 Å². The molecule has 0 radical (unpaired) electrons. The molecule has 2 aromatic carbocycles. The minimum atomic E-state index is -4.62. The van der Waals surface area contributed by atoms with Crippen LogP contribution in [0.1, 0.15) is 34.3 Å². The van der Waals surface area contributed by atoms with Crippen molar-refractivity contribution < 1.29 is 27.1 Å². The zero-order valence-electron chi connectivity index (χ0n) is 18.7. The number of benzene rings is 2. The Morgan fingerprint density at radius 3 is 2.53 bits per heavy atom. The summed E-state index contributed by atoms with van der Waals surface area (Å²) in [5.74, 6) is -0.848. The summed E-state index contributed by atoms with van der Waals surface area (Å²) in [7, 11) is 1.59. The number of carbonyl (C=O) groups excluding carboxylic acids is 1. The molecule has 0 N–H and O–H groups in total. The Morgan fingerprint density at radius 1 is 1.21 bits per heavy atom. The molecular formula is C25H25F4N3O2. The van der Waals surface area contributed by atoms with Crippen LogP contribution in [0, 0.1) is 28.5 Å². The fraction of sp³-hybridized carbons (Fsp3) is 0.440. The standard InChI is InChI=1S/C25H25F4N3O2/c1-34-15-18-14-32(19-7-6-17(13-30)21(12-19)25(27,28)29)16-24(18)8-10-31(11-9-24)23(33)20-4-2-3-5-22(20)26/h2-7,12,18H,8-11,14-16H2,1H3. The summed E-state index contributed by atoms with van der Waals surface area (Å²) in [6.45, 7) is 2.34. The minimum Gasteiger partial charge on any atom is -0.384 e. The molecule has 9 heteroatoms. The summed E-state index contributed by atoms with van der Waals surface area (Å²) < 4.78 is 60.0. The first-order valence-corrected chi connectivity index (χ1v) is 11.1. The van der Waals surface area contributed by atoms with Crippen LogP contribution in [-0.4, -0.2) is 50.7 Å². The van der Waals surface area contributed by atoms with Gasteiger partial charge in [0.2, 0.25) is 0 Å². The molecule has 2 fully saturated rings. The number of likely N-dealkylation sites (tertiary alicyclic amines) is 1. The maximum atomic E-state index is 14.1. The summed E-state index contributed by atoms with van der Waals surface area (Å²) in [5.41, 5.74) is -1.14. The lowest BCUT2D eigenvalue weighted by Gasteiger charge is -2.42. The van der Waals surface area contributed by atoms with E-state index in [4.69, 9.17) is 10.00 Å². The number of nitrogens with zero attached hydrogens (tertiary/aromatic N) is 3. The zero-order valence-corrected chi connectivity index (χ0v) is 18.7. The summed E-state index contributed by atoms with van der Waals surface area (Å²) in [6, 6.07) is 11.3. The van der Waals surface area contributed by atoms with Crippen molar-refractivity contribution in [3.8, 4) is 6.07 Å². The van der Waals surface area contributed by atoms with Crippen LogP contribution in [0.15, 0.2) is 42.5 Å². The van der Waals surface area contributed by atoms with E-state index in [1.54, 1.807) is 30.2 Å². The Morgan fingerprint density at radius 2 is 1.91 bits per heavy atom. The van der Waals surface area contributed by atoms with Crippen molar-refractivity contribution in [2.75, 3.05) is 44.8 Å². The van der Waals surface area contributed by atoms with Gasteiger partial charge < -0.3 is 14.5 Å². The Labute approximate surface area is 195 Å². The SMILES string of the molecule is COCC1CN(c2ccc(C#N)c(C(F)(F)F)c2)CC12CCN(C(=O)c1ccccc1F)CC2. The number of alkyl halides is 3. The monoisotopic (exact) mass is 475 g/mol. The van der Waals surface area contributed by atoms with Crippen molar-refractivity contribution in [1.29, 1.82) is 5.26 Å². The number of amides is 1. The highest BCUT2D eigenvalue weighted by Gasteiger charge is 2.49. The van der Waals surface area contributed by atoms with Gasteiger partial charge in [-0.05, 0) is 48.6 Å². The van der Waals surface area contributed by atoms with Gasteiger partial charge in [0, 0.05) is 44.9 Å². The molecular weight excluding hydrogens is 450 g/mol. The molecule has 2 saturated heterocycles. The smallest absolute Gasteiger partial charge is 0.384 e. The molecule has 2 heterocycles. The quantitative estimate of drug-likeness (QED) is 0.601. The normalized spacial score (nSPS) is 19.9. The molecule has 1 spiro atoms. The van der Waals surface area contributed by atoms with E-state index < -0.39 is 23.1 Å². The van der Waals surface area contributed by atoms with Gasteiger partial charge >= 0.3 is 6.18 Å². The van der Waals surface area contributed by atoms with E-state index in [9.17, 15) is 22.4 Å². The lowest BCUT2D eigenvalue weighted by Crippen LogP contribution is -2.47. The first kappa shape index (κ1) is 24.0. The maximum Gasteiger partial charge on any atom is 0.417 e. The Hall–Kier alpha value is -3.12. The predicted octanol–water partition coefficient (Wildman–Crippen LogP) is 4.72. The maximum absolute atomic E-state index is 14.1. The van der Waals surface area contributed by atoms with E-state index in [0.717, 1.165) is 6.07 Å². The molecule has 180 valence electrons. The van der Waals surface area contributed by atoms with Crippen LogP contribution < -0.4 is 4.90 Å². The average molecular weight is 475 g/mol. The van der Waals surface area contributed by atoms with Gasteiger partial charge in [-0.25, -0.2) is 4.39 Å². The Kier molecular flexibility index (Phi) is 6.54. The first-order chi connectivity index (χ1) is 16.2. The van der Waals surface area contributed by atoms with Crippen molar-refractivity contribution in [2.45, 2.75) is 19.0 Å². The number of hydrogen-bond donors (Lipinski definition) is 0. The molecule has 1 unspecified atom stereocenters. The highest BCUT2D eigenvalue weighted by Crippen LogP contribution is 2.47. The van der Waals surface area contributed by atoms with Crippen LogP contribution in [0.5, 0.6) is 0 Å². The molecule has 0 saturated carbocycles. The number of ether oxygens (including phenoxy) is 1. The van der Waals surface area contributed by atoms with Gasteiger partial charge in [-0.2, -0.15) is 18.4 Å². The number of halogens is 4. The van der Waals surface area contributed by atoms with Gasteiger partial charge in [0.05, 0.1) is 29.4 Å². The Balaban J connectivity index is 1.54. The number of nitriles is 1. The highest BCUT2D eigenvalue weighted by atomic mass is 19.4. The topological polar surface area (TPSA) is 56.6 Å². The van der Waals surface area contributed by atoms with Gasteiger partial charge in [0.25, 0.3) is 5.91 Å². The molecule has 5 nitrogen and oxygen atoms in total. The number of piperidine rings is 1. The lowest BCUT2D eigenvalue weighted by molar-refractivity contribution is -0.137. The number of anilines is 1. The molecule has 0 bridgehead atoms. The summed E-state index contributed by atoms with van der Waals surface area (Å²) in [5, 5.41) is 9.08. The minimum absolute atomic E-state index is 0.0391. The average Bonchev–Trinajstić information content (AvgIpc) is 3.16. The van der Waals surface area contributed by atoms with E-state index in [-0.39, 0.29) is 22.8 Å². The van der Waals surface area contributed by atoms with Crippen molar-refractivity contribution in [3.05, 3.63) is 65.0 Å². The molecule has 1 atom stereocenters. The van der Waals surface area contributed by atoms with E-state index >= 15 is 0 Å². The van der Waals surface area contributed by atoms with Crippen LogP contribution in [0.3, 0.4) is 0 Å². The van der Waals surface area contributed by atoms with Crippen molar-refractivity contribution in [2.24, 2.45) is 11.3 Å². The van der Waals surface area contributed by atoms with Crippen molar-refractivity contribution >= 4 is 11.6 Å². The summed E-state index contributed by atoms with van der Waals surface area (Å²) in [6.07, 6.45) is -3.34.